The Hall–Kier alpha value is -3.42. The molecule has 3 N–H and O–H groups in total. The first-order chi connectivity index (χ1) is 20.7. The van der Waals surface area contributed by atoms with Gasteiger partial charge in [-0.05, 0) is 37.1 Å². The van der Waals surface area contributed by atoms with Crippen LogP contribution < -0.4 is 19.7 Å². The molecule has 0 radical (unpaired) electrons. The van der Waals surface area contributed by atoms with Crippen LogP contribution in [0.2, 0.25) is 0 Å². The number of carbonyl (C=O) groups excluding carboxylic acids is 1. The van der Waals surface area contributed by atoms with Crippen LogP contribution in [0.4, 0.5) is 5.69 Å². The summed E-state index contributed by atoms with van der Waals surface area (Å²) in [6.45, 7) is 0.493. The number of aliphatic carboxylic acids is 2. The number of nitrogens with zero attached hydrogens (tertiary/aromatic N) is 3. The topological polar surface area (TPSA) is 184 Å². The van der Waals surface area contributed by atoms with E-state index in [-0.39, 0.29) is 31.4 Å². The summed E-state index contributed by atoms with van der Waals surface area (Å²) in [6, 6.07) is 7.48. The largest absolute Gasteiger partial charge is 0.494 e. The zero-order valence-corrected chi connectivity index (χ0v) is 27.2. The first-order valence-electron chi connectivity index (χ1n) is 12.6. The van der Waals surface area contributed by atoms with Gasteiger partial charge in [0.05, 0.1) is 23.1 Å². The monoisotopic (exact) mass is 699 g/mol. The van der Waals surface area contributed by atoms with Crippen LogP contribution in [0, 0.1) is 0 Å². The molecule has 0 atom stereocenters. The number of thiocarbonyl (C=S) groups is 1. The van der Waals surface area contributed by atoms with Crippen molar-refractivity contribution in [1.82, 2.24) is 9.47 Å². The molecule has 1 saturated heterocycles. The van der Waals surface area contributed by atoms with E-state index in [0.29, 0.717) is 16.4 Å². The molecule has 2 aliphatic rings. The molecule has 18 heteroatoms. The summed E-state index contributed by atoms with van der Waals surface area (Å²) in [5.41, 5.74) is 0.607. The van der Waals surface area contributed by atoms with Gasteiger partial charge >= 0.3 is 11.9 Å². The summed E-state index contributed by atoms with van der Waals surface area (Å²) in [4.78, 5) is 52.8. The minimum Gasteiger partial charge on any atom is -0.494 e. The molecule has 0 unspecified atom stereocenters. The van der Waals surface area contributed by atoms with Gasteiger partial charge in [0.2, 0.25) is 0 Å². The highest BCUT2D eigenvalue weighted by Crippen LogP contribution is 2.47. The Balaban J connectivity index is 1.79. The molecule has 2 aliphatic heterocycles. The fraction of sp³-hybridized carbons (Fsp3) is 0.269. The van der Waals surface area contributed by atoms with E-state index < -0.39 is 52.4 Å². The van der Waals surface area contributed by atoms with Crippen LogP contribution in [-0.2, 0) is 35.8 Å². The average Bonchev–Trinajstić information content (AvgIpc) is 3.55. The van der Waals surface area contributed by atoms with Crippen molar-refractivity contribution < 1.29 is 42.3 Å². The van der Waals surface area contributed by atoms with Crippen molar-refractivity contribution in [3.05, 3.63) is 66.8 Å². The number of benzene rings is 1. The van der Waals surface area contributed by atoms with Gasteiger partial charge in [0.15, 0.2) is 0 Å². The summed E-state index contributed by atoms with van der Waals surface area (Å²) in [7, 11) is -2.69. The molecular weight excluding hydrogens is 675 g/mol. The summed E-state index contributed by atoms with van der Waals surface area (Å²) < 4.78 is 38.5. The molecule has 0 saturated carbocycles. The normalized spacial score (nSPS) is 18.2. The van der Waals surface area contributed by atoms with Crippen LogP contribution in [0.25, 0.3) is 10.5 Å². The van der Waals surface area contributed by atoms with Crippen molar-refractivity contribution in [1.29, 1.82) is 0 Å². The molecule has 1 amide bonds. The Morgan fingerprint density at radius 1 is 1.05 bits per heavy atom. The number of allylic oxidation sites excluding steroid dienone is 2. The van der Waals surface area contributed by atoms with E-state index in [0.717, 1.165) is 43.1 Å². The van der Waals surface area contributed by atoms with Gasteiger partial charge in [-0.25, -0.2) is 0 Å². The number of carboxylic acid groups (broad SMARTS) is 2. The Labute approximate surface area is 268 Å². The second kappa shape index (κ2) is 13.7. The van der Waals surface area contributed by atoms with E-state index in [4.69, 9.17) is 22.1 Å². The number of aromatic nitrogens is 1. The molecule has 2 aromatic rings. The highest BCUT2D eigenvalue weighted by atomic mass is 32.2. The molecule has 0 bridgehead atoms. The van der Waals surface area contributed by atoms with Gasteiger partial charge in [-0.1, -0.05) is 54.0 Å². The molecule has 3 heterocycles. The van der Waals surface area contributed by atoms with Crippen molar-refractivity contribution in [3.8, 4) is 0 Å². The first-order valence-corrected chi connectivity index (χ1v) is 17.1. The van der Waals surface area contributed by atoms with Crippen LogP contribution in [-0.4, -0.2) is 80.8 Å². The lowest BCUT2D eigenvalue weighted by atomic mass is 10.2. The number of fused-ring (bicyclic) bond motifs is 1. The summed E-state index contributed by atoms with van der Waals surface area (Å²) in [6.07, 6.45) is 3.36. The number of hydrogen-bond donors (Lipinski definition) is 3. The SMILES string of the molecule is COC(C=CC(C)=c1s/c(=C2/SC(=S)N(CC(=O)O)C2=O)n(CC(=O)O)c1=O)=C1Sc2ccccc2N1CCCS(=O)(=O)O. The highest BCUT2D eigenvalue weighted by molar-refractivity contribution is 8.30. The average molecular weight is 700 g/mol. The maximum Gasteiger partial charge on any atom is 0.323 e. The number of methoxy groups -OCH3 is 1. The number of ether oxygens (including phenoxy) is 1. The van der Waals surface area contributed by atoms with E-state index >= 15 is 0 Å². The van der Waals surface area contributed by atoms with Crippen molar-refractivity contribution in [3.63, 3.8) is 0 Å². The van der Waals surface area contributed by atoms with Crippen molar-refractivity contribution in [2.24, 2.45) is 0 Å². The Morgan fingerprint density at radius 2 is 1.73 bits per heavy atom. The van der Waals surface area contributed by atoms with Crippen LogP contribution in [0.1, 0.15) is 13.3 Å². The molecule has 0 spiro atoms. The number of amides is 1. The third-order valence-electron chi connectivity index (χ3n) is 6.18. The van der Waals surface area contributed by atoms with Gasteiger partial charge in [0, 0.05) is 11.4 Å². The molecule has 234 valence electrons. The zero-order chi connectivity index (χ0) is 32.3. The van der Waals surface area contributed by atoms with Gasteiger partial charge in [-0.2, -0.15) is 8.42 Å². The number of hydrogen-bond acceptors (Lipinski definition) is 12. The standard InChI is InChI=1S/C26H25N3O10S5/c1-14(8-9-16(39-2)24-27(10-5-11-44(36,37)38)15-6-3-4-7-17(15)41-24)20-22(34)28(12-18(30)31)25(42-20)21-23(35)29(13-19(32)33)26(40)43-21/h3-4,6-9H,5,10-13H2,1-2H3,(H,30,31)(H,32,33)(H,36,37,38)/b9-8?,20-14?,24-16?,25-21+. The molecule has 44 heavy (non-hydrogen) atoms. The van der Waals surface area contributed by atoms with Gasteiger partial charge < -0.3 is 19.8 Å². The van der Waals surface area contributed by atoms with E-state index in [2.05, 4.69) is 0 Å². The zero-order valence-electron chi connectivity index (χ0n) is 23.1. The van der Waals surface area contributed by atoms with Crippen molar-refractivity contribution >= 4 is 95.5 Å². The summed E-state index contributed by atoms with van der Waals surface area (Å²) in [5, 5.41) is 19.3. The van der Waals surface area contributed by atoms with Crippen LogP contribution in [0.5, 0.6) is 0 Å². The van der Waals surface area contributed by atoms with Gasteiger partial charge in [-0.15, -0.1) is 11.3 Å². The van der Waals surface area contributed by atoms with Crippen LogP contribution in [0.3, 0.4) is 0 Å². The Morgan fingerprint density at radius 3 is 2.36 bits per heavy atom. The number of carbonyl (C=O) groups is 3. The second-order valence-corrected chi connectivity index (χ2v) is 14.5. The fourth-order valence-corrected chi connectivity index (χ4v) is 8.47. The number of rotatable bonds is 11. The molecule has 0 aliphatic carbocycles. The smallest absolute Gasteiger partial charge is 0.323 e. The maximum absolute atomic E-state index is 13.4. The highest BCUT2D eigenvalue weighted by Gasteiger charge is 2.35. The predicted octanol–water partition coefficient (Wildman–Crippen LogP) is 1.48. The lowest BCUT2D eigenvalue weighted by Crippen LogP contribution is -2.37. The predicted molar refractivity (Wildman–Crippen MR) is 171 cm³/mol. The second-order valence-electron chi connectivity index (χ2n) is 9.25. The lowest BCUT2D eigenvalue weighted by molar-refractivity contribution is -0.140. The molecule has 13 nitrogen and oxygen atoms in total. The molecular formula is C26H25N3O10S5. The third kappa shape index (κ3) is 7.44. The van der Waals surface area contributed by atoms with Crippen LogP contribution in [0.15, 0.2) is 56.9 Å². The minimum atomic E-state index is -4.15. The number of para-hydroxylation sites is 1. The van der Waals surface area contributed by atoms with Crippen molar-refractivity contribution in [2.45, 2.75) is 24.8 Å². The number of thioether (sulfide) groups is 2. The van der Waals surface area contributed by atoms with E-state index in [1.54, 1.807) is 19.1 Å². The van der Waals surface area contributed by atoms with Gasteiger partial charge in [-0.3, -0.25) is 33.2 Å². The molecule has 1 aromatic carbocycles. The molecule has 1 fully saturated rings. The Kier molecular flexibility index (Phi) is 10.4. The van der Waals surface area contributed by atoms with Gasteiger partial charge in [0.25, 0.3) is 21.6 Å². The first kappa shape index (κ1) is 33.5. The van der Waals surface area contributed by atoms with E-state index in [1.165, 1.54) is 18.9 Å². The van der Waals surface area contributed by atoms with E-state index in [1.807, 2.05) is 29.2 Å². The number of thiazole rings is 1. The quantitative estimate of drug-likeness (QED) is 0.174. The van der Waals surface area contributed by atoms with Crippen LogP contribution >= 0.6 is 47.1 Å². The number of carboxylic acids is 2. The maximum atomic E-state index is 13.4. The molecule has 4 rings (SSSR count). The number of anilines is 1. The lowest BCUT2D eigenvalue weighted by Gasteiger charge is -2.21. The van der Waals surface area contributed by atoms with Gasteiger partial charge in [0.1, 0.15) is 37.8 Å². The Bertz CT molecular complexity index is 1910. The molecule has 1 aromatic heterocycles. The van der Waals surface area contributed by atoms with Crippen molar-refractivity contribution in [2.75, 3.05) is 30.9 Å². The minimum absolute atomic E-state index is 0.0233. The fourth-order valence-electron chi connectivity index (χ4n) is 4.25. The third-order valence-corrected chi connectivity index (χ3v) is 11.0. The summed E-state index contributed by atoms with van der Waals surface area (Å²) in [5.74, 6) is -3.36. The summed E-state index contributed by atoms with van der Waals surface area (Å²) >= 11 is 8.23. The van der Waals surface area contributed by atoms with E-state index in [9.17, 15) is 37.3 Å².